The standard InChI is InChI=1S/C12H16BrNO3/c13-9-7-10-12(17-6-2-5-16-10)8(11(9)15)3-1-4-14/h7,15H,1-6,14H2. The lowest BCUT2D eigenvalue weighted by Crippen LogP contribution is -2.03. The highest BCUT2D eigenvalue weighted by atomic mass is 79.9. The normalized spacial score (nSPS) is 14.5. The summed E-state index contributed by atoms with van der Waals surface area (Å²) in [6.45, 7) is 1.84. The van der Waals surface area contributed by atoms with Gasteiger partial charge in [0.2, 0.25) is 0 Å². The Kier molecular flexibility index (Phi) is 4.12. The van der Waals surface area contributed by atoms with Crippen LogP contribution in [0.2, 0.25) is 0 Å². The van der Waals surface area contributed by atoms with Crippen LogP contribution in [0.1, 0.15) is 18.4 Å². The van der Waals surface area contributed by atoms with Gasteiger partial charge in [-0.3, -0.25) is 0 Å². The molecular formula is C12H16BrNO3. The molecule has 0 aromatic heterocycles. The second-order valence-electron chi connectivity index (χ2n) is 3.96. The van der Waals surface area contributed by atoms with E-state index in [1.807, 2.05) is 0 Å². The third-order valence-electron chi connectivity index (χ3n) is 2.69. The predicted molar refractivity (Wildman–Crippen MR) is 68.8 cm³/mol. The fourth-order valence-corrected chi connectivity index (χ4v) is 2.29. The van der Waals surface area contributed by atoms with Crippen molar-refractivity contribution in [1.29, 1.82) is 0 Å². The molecule has 17 heavy (non-hydrogen) atoms. The molecule has 1 aliphatic heterocycles. The molecule has 5 heteroatoms. The first-order valence-electron chi connectivity index (χ1n) is 5.74. The lowest BCUT2D eigenvalue weighted by atomic mass is 10.1. The van der Waals surface area contributed by atoms with Gasteiger partial charge in [-0.15, -0.1) is 0 Å². The van der Waals surface area contributed by atoms with E-state index in [-0.39, 0.29) is 5.75 Å². The number of benzene rings is 1. The highest BCUT2D eigenvalue weighted by Gasteiger charge is 2.20. The van der Waals surface area contributed by atoms with Gasteiger partial charge >= 0.3 is 0 Å². The van der Waals surface area contributed by atoms with Gasteiger partial charge in [-0.2, -0.15) is 0 Å². The van der Waals surface area contributed by atoms with Crippen LogP contribution in [0.25, 0.3) is 0 Å². The molecule has 0 aliphatic carbocycles. The van der Waals surface area contributed by atoms with Crippen LogP contribution < -0.4 is 15.2 Å². The van der Waals surface area contributed by atoms with E-state index in [1.165, 1.54) is 0 Å². The Bertz CT molecular complexity index is 409. The molecule has 0 fully saturated rings. The zero-order chi connectivity index (χ0) is 12.3. The summed E-state index contributed by atoms with van der Waals surface area (Å²) < 4.78 is 11.9. The van der Waals surface area contributed by atoms with Crippen LogP contribution >= 0.6 is 15.9 Å². The molecule has 94 valence electrons. The summed E-state index contributed by atoms with van der Waals surface area (Å²) in [6.07, 6.45) is 2.34. The number of phenols is 1. The second-order valence-corrected chi connectivity index (χ2v) is 4.81. The lowest BCUT2D eigenvalue weighted by Gasteiger charge is -2.15. The van der Waals surface area contributed by atoms with Crippen LogP contribution in [0.5, 0.6) is 17.2 Å². The van der Waals surface area contributed by atoms with Crippen LogP contribution in [-0.4, -0.2) is 24.9 Å². The molecule has 0 spiro atoms. The number of hydrogen-bond donors (Lipinski definition) is 2. The maximum absolute atomic E-state index is 10.0. The van der Waals surface area contributed by atoms with E-state index in [1.54, 1.807) is 6.07 Å². The number of rotatable bonds is 3. The fourth-order valence-electron chi connectivity index (χ4n) is 1.84. The molecule has 1 aromatic carbocycles. The molecule has 1 aromatic rings. The van der Waals surface area contributed by atoms with Crippen LogP contribution in [-0.2, 0) is 6.42 Å². The van der Waals surface area contributed by atoms with E-state index >= 15 is 0 Å². The molecule has 0 saturated heterocycles. The smallest absolute Gasteiger partial charge is 0.168 e. The lowest BCUT2D eigenvalue weighted by molar-refractivity contribution is 0.295. The molecule has 0 radical (unpaired) electrons. The Balaban J connectivity index is 2.42. The Morgan fingerprint density at radius 1 is 1.35 bits per heavy atom. The van der Waals surface area contributed by atoms with Gasteiger partial charge in [0, 0.05) is 18.1 Å². The van der Waals surface area contributed by atoms with Crippen molar-refractivity contribution >= 4 is 15.9 Å². The summed E-state index contributed by atoms with van der Waals surface area (Å²) >= 11 is 3.33. The van der Waals surface area contributed by atoms with Crippen LogP contribution in [0.4, 0.5) is 0 Å². The largest absolute Gasteiger partial charge is 0.506 e. The van der Waals surface area contributed by atoms with E-state index in [4.69, 9.17) is 15.2 Å². The second kappa shape index (κ2) is 5.60. The van der Waals surface area contributed by atoms with Gasteiger partial charge in [-0.05, 0) is 35.3 Å². The molecule has 0 atom stereocenters. The van der Waals surface area contributed by atoms with E-state index in [0.717, 1.165) is 18.4 Å². The van der Waals surface area contributed by atoms with Crippen molar-refractivity contribution in [3.8, 4) is 17.2 Å². The fraction of sp³-hybridized carbons (Fsp3) is 0.500. The molecule has 0 saturated carbocycles. The van der Waals surface area contributed by atoms with Gasteiger partial charge in [0.15, 0.2) is 11.5 Å². The highest BCUT2D eigenvalue weighted by Crippen LogP contribution is 2.43. The van der Waals surface area contributed by atoms with Crippen molar-refractivity contribution in [2.24, 2.45) is 5.73 Å². The van der Waals surface area contributed by atoms with Gasteiger partial charge < -0.3 is 20.3 Å². The third kappa shape index (κ3) is 2.66. The molecule has 1 aliphatic rings. The van der Waals surface area contributed by atoms with Gasteiger partial charge in [-0.1, -0.05) is 0 Å². The molecule has 4 nitrogen and oxygen atoms in total. The van der Waals surface area contributed by atoms with E-state index in [9.17, 15) is 5.11 Å². The monoisotopic (exact) mass is 301 g/mol. The average Bonchev–Trinajstić information content (AvgIpc) is 2.55. The van der Waals surface area contributed by atoms with Crippen molar-refractivity contribution in [3.05, 3.63) is 16.1 Å². The zero-order valence-electron chi connectivity index (χ0n) is 9.54. The third-order valence-corrected chi connectivity index (χ3v) is 3.30. The number of nitrogens with two attached hydrogens (primary N) is 1. The summed E-state index contributed by atoms with van der Waals surface area (Å²) in [5, 5.41) is 10.0. The van der Waals surface area contributed by atoms with Crippen molar-refractivity contribution in [1.82, 2.24) is 0 Å². The first-order chi connectivity index (χ1) is 8.24. The molecular weight excluding hydrogens is 286 g/mol. The number of fused-ring (bicyclic) bond motifs is 1. The molecule has 3 N–H and O–H groups in total. The van der Waals surface area contributed by atoms with Crippen LogP contribution in [0, 0.1) is 0 Å². The summed E-state index contributed by atoms with van der Waals surface area (Å²) in [6, 6.07) is 1.75. The molecule has 0 amide bonds. The first kappa shape index (κ1) is 12.5. The van der Waals surface area contributed by atoms with Crippen molar-refractivity contribution in [2.45, 2.75) is 19.3 Å². The average molecular weight is 302 g/mol. The molecule has 0 bridgehead atoms. The van der Waals surface area contributed by atoms with Gasteiger partial charge in [-0.25, -0.2) is 0 Å². The SMILES string of the molecule is NCCCc1c(O)c(Br)cc2c1OCCCO2. The first-order valence-corrected chi connectivity index (χ1v) is 6.53. The summed E-state index contributed by atoms with van der Waals surface area (Å²) in [4.78, 5) is 0. The summed E-state index contributed by atoms with van der Waals surface area (Å²) in [5.74, 6) is 1.58. The minimum Gasteiger partial charge on any atom is -0.506 e. The van der Waals surface area contributed by atoms with Crippen molar-refractivity contribution in [3.63, 3.8) is 0 Å². The quantitative estimate of drug-likeness (QED) is 0.898. The van der Waals surface area contributed by atoms with Crippen LogP contribution in [0.3, 0.4) is 0 Å². The van der Waals surface area contributed by atoms with E-state index in [0.29, 0.717) is 42.2 Å². The Hall–Kier alpha value is -0.940. The number of halogens is 1. The van der Waals surface area contributed by atoms with Crippen molar-refractivity contribution < 1.29 is 14.6 Å². The molecule has 1 heterocycles. The summed E-state index contributed by atoms with van der Waals surface area (Å²) in [7, 11) is 0. The number of aromatic hydroxyl groups is 1. The zero-order valence-corrected chi connectivity index (χ0v) is 11.1. The Morgan fingerprint density at radius 3 is 2.88 bits per heavy atom. The maximum Gasteiger partial charge on any atom is 0.168 e. The topological polar surface area (TPSA) is 64.7 Å². The minimum atomic E-state index is 0.225. The van der Waals surface area contributed by atoms with E-state index < -0.39 is 0 Å². The van der Waals surface area contributed by atoms with E-state index in [2.05, 4.69) is 15.9 Å². The minimum absolute atomic E-state index is 0.225. The summed E-state index contributed by atoms with van der Waals surface area (Å²) in [5.41, 5.74) is 6.29. The molecule has 0 unspecified atom stereocenters. The predicted octanol–water partition coefficient (Wildman–Crippen LogP) is 2.21. The molecule has 2 rings (SSSR count). The number of hydrogen-bond acceptors (Lipinski definition) is 4. The van der Waals surface area contributed by atoms with Crippen LogP contribution in [0.15, 0.2) is 10.5 Å². The van der Waals surface area contributed by atoms with Gasteiger partial charge in [0.1, 0.15) is 5.75 Å². The highest BCUT2D eigenvalue weighted by molar-refractivity contribution is 9.10. The Morgan fingerprint density at radius 2 is 2.12 bits per heavy atom. The van der Waals surface area contributed by atoms with Gasteiger partial charge in [0.05, 0.1) is 17.7 Å². The number of phenolic OH excluding ortho intramolecular Hbond substituents is 1. The number of ether oxygens (including phenoxy) is 2. The van der Waals surface area contributed by atoms with Gasteiger partial charge in [0.25, 0.3) is 0 Å². The Labute approximate surface area is 109 Å². The maximum atomic E-state index is 10.0. The van der Waals surface area contributed by atoms with Crippen molar-refractivity contribution in [2.75, 3.05) is 19.8 Å².